The predicted octanol–water partition coefficient (Wildman–Crippen LogP) is 5.38. The highest BCUT2D eigenvalue weighted by Crippen LogP contribution is 2.41. The molecule has 0 amide bonds. The second kappa shape index (κ2) is 10.7. The molecule has 0 aliphatic heterocycles. The number of carbonyl (C=O) groups excluding carboxylic acids is 4. The van der Waals surface area contributed by atoms with Gasteiger partial charge in [-0.3, -0.25) is 24.0 Å². The number of Topliss-reactive ketones (excluding diaryl/α,β-unsaturated/α-hetero) is 3. The number of phenolic OH excluding ortho intramolecular Hbond substituents is 5. The molecule has 0 saturated heterocycles. The second-order valence-corrected chi connectivity index (χ2v) is 10.2. The summed E-state index contributed by atoms with van der Waals surface area (Å²) in [6, 6.07) is 6.63. The van der Waals surface area contributed by atoms with Gasteiger partial charge >= 0.3 is 0 Å². The summed E-state index contributed by atoms with van der Waals surface area (Å²) in [5.41, 5.74) is -4.34. The number of carbonyl (C=O) groups is 4. The molecule has 13 nitrogen and oxygen atoms in total. The standard InChI is InChI=1S/C32H21NO12/c1-11(34)15-6-20-31(43)18-8-23(39)25(41)10-26(18)45-32(20)27(13(3)36)28(15)14-4-16(12(2)35)29(33-44)19(5-14)30(42)17-7-22(38)24(40)9-21(17)37/h4-10,37-41H,1-3H3. The zero-order valence-corrected chi connectivity index (χ0v) is 23.6. The minimum absolute atomic E-state index is 0.132. The van der Waals surface area contributed by atoms with Gasteiger partial charge in [0.05, 0.1) is 27.5 Å². The summed E-state index contributed by atoms with van der Waals surface area (Å²) in [4.78, 5) is 78.1. The Labute approximate surface area is 251 Å². The minimum atomic E-state index is -1.12. The Bertz CT molecular complexity index is 2260. The Morgan fingerprint density at radius 1 is 0.622 bits per heavy atom. The Kier molecular flexibility index (Phi) is 7.17. The summed E-state index contributed by atoms with van der Waals surface area (Å²) in [5, 5.41) is 52.4. The average Bonchev–Trinajstić information content (AvgIpc) is 2.98. The largest absolute Gasteiger partial charge is 0.507 e. The Morgan fingerprint density at radius 2 is 1.20 bits per heavy atom. The smallest absolute Gasteiger partial charge is 0.200 e. The number of fused-ring (bicyclic) bond motifs is 2. The first kappa shape index (κ1) is 30.1. The molecule has 0 aliphatic rings. The summed E-state index contributed by atoms with van der Waals surface area (Å²) in [7, 11) is 0. The van der Waals surface area contributed by atoms with Crippen LogP contribution in [0.25, 0.3) is 33.1 Å². The number of ketones is 4. The molecule has 0 saturated carbocycles. The quantitative estimate of drug-likeness (QED) is 0.0514. The summed E-state index contributed by atoms with van der Waals surface area (Å²) < 4.78 is 5.87. The lowest BCUT2D eigenvalue weighted by Crippen LogP contribution is -2.12. The summed E-state index contributed by atoms with van der Waals surface area (Å²) >= 11 is 0. The third kappa shape index (κ3) is 4.81. The van der Waals surface area contributed by atoms with E-state index in [4.69, 9.17) is 4.42 Å². The van der Waals surface area contributed by atoms with Crippen LogP contribution in [0.4, 0.5) is 5.69 Å². The number of aromatic hydroxyl groups is 5. The zero-order chi connectivity index (χ0) is 33.1. The van der Waals surface area contributed by atoms with E-state index in [0.29, 0.717) is 6.07 Å². The Balaban J connectivity index is 1.96. The molecule has 0 fully saturated rings. The van der Waals surface area contributed by atoms with Crippen LogP contribution in [0.5, 0.6) is 28.7 Å². The van der Waals surface area contributed by atoms with E-state index in [1.807, 2.05) is 0 Å². The maximum absolute atomic E-state index is 13.7. The van der Waals surface area contributed by atoms with Crippen molar-refractivity contribution in [3.63, 3.8) is 0 Å². The zero-order valence-electron chi connectivity index (χ0n) is 23.6. The topological polar surface area (TPSA) is 229 Å². The maximum atomic E-state index is 13.7. The first-order valence-electron chi connectivity index (χ1n) is 13.0. The van der Waals surface area contributed by atoms with Gasteiger partial charge < -0.3 is 29.9 Å². The number of nitroso groups, excluding NO2 is 1. The van der Waals surface area contributed by atoms with E-state index in [1.54, 1.807) is 0 Å². The van der Waals surface area contributed by atoms with Gasteiger partial charge in [0.15, 0.2) is 46.1 Å². The molecule has 0 aliphatic carbocycles. The highest BCUT2D eigenvalue weighted by atomic mass is 16.3. The van der Waals surface area contributed by atoms with E-state index in [2.05, 4.69) is 5.18 Å². The predicted molar refractivity (Wildman–Crippen MR) is 159 cm³/mol. The first-order valence-corrected chi connectivity index (χ1v) is 13.0. The van der Waals surface area contributed by atoms with E-state index in [0.717, 1.165) is 57.2 Å². The fourth-order valence-corrected chi connectivity index (χ4v) is 5.14. The number of phenols is 5. The molecule has 1 aromatic heterocycles. The lowest BCUT2D eigenvalue weighted by molar-refractivity contribution is 0.100. The van der Waals surface area contributed by atoms with Gasteiger partial charge in [-0.15, -0.1) is 4.91 Å². The van der Waals surface area contributed by atoms with Crippen molar-refractivity contribution in [3.8, 4) is 39.9 Å². The van der Waals surface area contributed by atoms with E-state index >= 15 is 0 Å². The number of benzene rings is 4. The van der Waals surface area contributed by atoms with Crippen LogP contribution in [-0.4, -0.2) is 48.7 Å². The van der Waals surface area contributed by atoms with Gasteiger partial charge in [0.2, 0.25) is 5.43 Å². The maximum Gasteiger partial charge on any atom is 0.200 e. The lowest BCUT2D eigenvalue weighted by atomic mass is 9.85. The molecular formula is C32H21NO12. The fraction of sp³-hybridized carbons (Fsp3) is 0.0938. The highest BCUT2D eigenvalue weighted by Gasteiger charge is 2.29. The van der Waals surface area contributed by atoms with Crippen LogP contribution < -0.4 is 5.43 Å². The van der Waals surface area contributed by atoms with Gasteiger partial charge in [-0.05, 0) is 61.8 Å². The monoisotopic (exact) mass is 611 g/mol. The molecule has 13 heteroatoms. The number of nitrogens with zero attached hydrogens (tertiary/aromatic N) is 1. The molecular weight excluding hydrogens is 590 g/mol. The number of hydrogen-bond donors (Lipinski definition) is 5. The van der Waals surface area contributed by atoms with E-state index in [1.165, 1.54) is 0 Å². The van der Waals surface area contributed by atoms with Gasteiger partial charge in [-0.25, -0.2) is 0 Å². The van der Waals surface area contributed by atoms with E-state index in [9.17, 15) is 54.4 Å². The van der Waals surface area contributed by atoms with Gasteiger partial charge in [0.1, 0.15) is 22.6 Å². The van der Waals surface area contributed by atoms with Crippen molar-refractivity contribution in [2.45, 2.75) is 20.8 Å². The second-order valence-electron chi connectivity index (χ2n) is 10.2. The third-order valence-corrected chi connectivity index (χ3v) is 7.24. The molecule has 4 aromatic carbocycles. The summed E-state index contributed by atoms with van der Waals surface area (Å²) in [5.74, 6) is -6.80. The number of rotatable bonds is 7. The minimum Gasteiger partial charge on any atom is -0.507 e. The molecule has 226 valence electrons. The molecule has 0 bridgehead atoms. The van der Waals surface area contributed by atoms with Crippen LogP contribution in [0.2, 0.25) is 0 Å². The number of hydrogen-bond acceptors (Lipinski definition) is 13. The molecule has 5 N–H and O–H groups in total. The first-order chi connectivity index (χ1) is 21.2. The average molecular weight is 612 g/mol. The van der Waals surface area contributed by atoms with Gasteiger partial charge in [0.25, 0.3) is 0 Å². The van der Waals surface area contributed by atoms with Crippen LogP contribution in [0.3, 0.4) is 0 Å². The van der Waals surface area contributed by atoms with Crippen molar-refractivity contribution >= 4 is 50.8 Å². The molecule has 0 atom stereocenters. The molecule has 5 aromatic rings. The molecule has 0 unspecified atom stereocenters. The Morgan fingerprint density at radius 3 is 1.80 bits per heavy atom. The van der Waals surface area contributed by atoms with Gasteiger partial charge in [0, 0.05) is 28.8 Å². The van der Waals surface area contributed by atoms with Gasteiger partial charge in [-0.2, -0.15) is 0 Å². The van der Waals surface area contributed by atoms with Crippen molar-refractivity contribution < 1.29 is 49.1 Å². The normalized spacial score (nSPS) is 11.1. The van der Waals surface area contributed by atoms with E-state index in [-0.39, 0.29) is 44.2 Å². The van der Waals surface area contributed by atoms with E-state index < -0.39 is 79.7 Å². The summed E-state index contributed by atoms with van der Waals surface area (Å²) in [6.45, 7) is 3.31. The molecule has 0 radical (unpaired) electrons. The van der Waals surface area contributed by atoms with Crippen molar-refractivity contribution in [1.82, 2.24) is 0 Å². The lowest BCUT2D eigenvalue weighted by Gasteiger charge is -2.18. The highest BCUT2D eigenvalue weighted by molar-refractivity contribution is 6.20. The van der Waals surface area contributed by atoms with Crippen molar-refractivity contribution in [3.05, 3.63) is 85.4 Å². The van der Waals surface area contributed by atoms with Crippen molar-refractivity contribution in [2.24, 2.45) is 5.18 Å². The van der Waals surface area contributed by atoms with Crippen LogP contribution in [0.15, 0.2) is 56.9 Å². The summed E-state index contributed by atoms with van der Waals surface area (Å²) in [6.07, 6.45) is 0. The van der Waals surface area contributed by atoms with Crippen LogP contribution in [-0.2, 0) is 0 Å². The molecule has 45 heavy (non-hydrogen) atoms. The van der Waals surface area contributed by atoms with Crippen LogP contribution >= 0.6 is 0 Å². The SMILES string of the molecule is CC(=O)c1cc(-c2c(C(C)=O)cc3c(=O)c4cc(O)c(O)cc4oc3c2C(C)=O)cc(C(=O)c2cc(O)c(O)cc2O)c1N=O. The van der Waals surface area contributed by atoms with Crippen molar-refractivity contribution in [2.75, 3.05) is 0 Å². The molecule has 5 rings (SSSR count). The van der Waals surface area contributed by atoms with Crippen LogP contribution in [0, 0.1) is 4.91 Å². The third-order valence-electron chi connectivity index (χ3n) is 7.24. The van der Waals surface area contributed by atoms with Crippen molar-refractivity contribution in [1.29, 1.82) is 0 Å². The molecule has 0 spiro atoms. The molecule has 1 heterocycles. The van der Waals surface area contributed by atoms with Crippen LogP contribution in [0.1, 0.15) is 67.8 Å². The fourth-order valence-electron chi connectivity index (χ4n) is 5.14. The Hall–Kier alpha value is -6.37. The van der Waals surface area contributed by atoms with Gasteiger partial charge in [-0.1, -0.05) is 0 Å².